The Labute approximate surface area is 234 Å². The Morgan fingerprint density at radius 1 is 0.775 bits per heavy atom. The van der Waals surface area contributed by atoms with Crippen LogP contribution in [0, 0.1) is 5.92 Å². The van der Waals surface area contributed by atoms with E-state index in [9.17, 15) is 19.2 Å². The van der Waals surface area contributed by atoms with E-state index in [0.29, 0.717) is 54.5 Å². The smallest absolute Gasteiger partial charge is 0.253 e. The summed E-state index contributed by atoms with van der Waals surface area (Å²) in [6.45, 7) is 1.08. The van der Waals surface area contributed by atoms with Crippen molar-refractivity contribution in [3.63, 3.8) is 0 Å². The fraction of sp³-hybridized carbons (Fsp3) is 0.312. The molecule has 0 unspecified atom stereocenters. The molecule has 1 aliphatic heterocycles. The summed E-state index contributed by atoms with van der Waals surface area (Å²) < 4.78 is 0. The first-order valence-electron chi connectivity index (χ1n) is 13.8. The lowest BCUT2D eigenvalue weighted by atomic mass is 9.95. The Balaban J connectivity index is 1.10. The van der Waals surface area contributed by atoms with Crippen LogP contribution >= 0.6 is 0 Å². The first-order valence-corrected chi connectivity index (χ1v) is 13.8. The molecule has 0 radical (unpaired) electrons. The molecular formula is C32H34N4O4. The minimum Gasteiger partial charge on any atom is -0.339 e. The van der Waals surface area contributed by atoms with Gasteiger partial charge in [0, 0.05) is 54.6 Å². The maximum atomic E-state index is 12.9. The summed E-state index contributed by atoms with van der Waals surface area (Å²) in [6.07, 6.45) is 3.46. The summed E-state index contributed by atoms with van der Waals surface area (Å²) >= 11 is 0. The van der Waals surface area contributed by atoms with Gasteiger partial charge in [-0.2, -0.15) is 0 Å². The van der Waals surface area contributed by atoms with Gasteiger partial charge in [0.25, 0.3) is 11.8 Å². The van der Waals surface area contributed by atoms with Gasteiger partial charge in [-0.1, -0.05) is 30.3 Å². The number of anilines is 2. The third-order valence-electron chi connectivity index (χ3n) is 7.56. The van der Waals surface area contributed by atoms with Gasteiger partial charge in [0.15, 0.2) is 0 Å². The lowest BCUT2D eigenvalue weighted by molar-refractivity contribution is -0.121. The molecule has 8 nitrogen and oxygen atoms in total. The van der Waals surface area contributed by atoms with Gasteiger partial charge in [0.2, 0.25) is 11.8 Å². The Morgan fingerprint density at radius 2 is 1.48 bits per heavy atom. The summed E-state index contributed by atoms with van der Waals surface area (Å²) in [7, 11) is 1.82. The average Bonchev–Trinajstić information content (AvgIpc) is 3.83. The molecule has 1 saturated heterocycles. The molecule has 3 aromatic rings. The van der Waals surface area contributed by atoms with Crippen molar-refractivity contribution in [3.05, 3.63) is 95.6 Å². The number of benzene rings is 3. The van der Waals surface area contributed by atoms with Crippen molar-refractivity contribution in [1.82, 2.24) is 9.80 Å². The maximum Gasteiger partial charge on any atom is 0.253 e. The number of amides is 4. The largest absolute Gasteiger partial charge is 0.339 e. The molecule has 2 N–H and O–H groups in total. The molecule has 1 aliphatic carbocycles. The third kappa shape index (κ3) is 6.75. The number of carbonyl (C=O) groups is 4. The summed E-state index contributed by atoms with van der Waals surface area (Å²) in [5, 5.41) is 5.85. The highest BCUT2D eigenvalue weighted by atomic mass is 16.2. The number of rotatable bonds is 8. The maximum absolute atomic E-state index is 12.9. The van der Waals surface area contributed by atoms with E-state index in [1.807, 2.05) is 55.6 Å². The topological polar surface area (TPSA) is 98.8 Å². The zero-order valence-electron chi connectivity index (χ0n) is 22.6. The molecule has 8 heteroatoms. The predicted molar refractivity (Wildman–Crippen MR) is 154 cm³/mol. The number of nitrogens with zero attached hydrogens (tertiary/aromatic N) is 2. The molecule has 206 valence electrons. The van der Waals surface area contributed by atoms with E-state index in [2.05, 4.69) is 10.6 Å². The predicted octanol–water partition coefficient (Wildman–Crippen LogP) is 4.59. The second-order valence-corrected chi connectivity index (χ2v) is 10.6. The summed E-state index contributed by atoms with van der Waals surface area (Å²) in [5.74, 6) is -0.448. The van der Waals surface area contributed by atoms with Crippen LogP contribution in [0.2, 0.25) is 0 Å². The fourth-order valence-electron chi connectivity index (χ4n) is 5.03. The summed E-state index contributed by atoms with van der Waals surface area (Å²) in [5.41, 5.74) is 3.30. The van der Waals surface area contributed by atoms with Crippen molar-refractivity contribution in [2.45, 2.75) is 38.1 Å². The first-order chi connectivity index (χ1) is 19.4. The van der Waals surface area contributed by atoms with Crippen LogP contribution in [0.25, 0.3) is 0 Å². The molecule has 1 heterocycles. The molecule has 5 rings (SSSR count). The number of carbonyl (C=O) groups excluding carboxylic acids is 4. The van der Waals surface area contributed by atoms with Gasteiger partial charge in [-0.15, -0.1) is 0 Å². The Bertz CT molecular complexity index is 1380. The Morgan fingerprint density at radius 3 is 2.15 bits per heavy atom. The fourth-order valence-corrected chi connectivity index (χ4v) is 5.03. The van der Waals surface area contributed by atoms with Gasteiger partial charge in [0.05, 0.1) is 6.42 Å². The Hall–Kier alpha value is -4.46. The molecule has 4 amide bonds. The number of piperidine rings is 1. The number of nitrogens with one attached hydrogen (secondary N) is 2. The first kappa shape index (κ1) is 27.1. The average molecular weight is 539 g/mol. The standard InChI is InChI=1S/C32H34N4O4/c1-35(28-14-15-28)31(39)25-10-12-26(13-11-25)33-29(37)21-22-6-5-9-27(20-22)34-30(38)23-16-18-36(19-17-23)32(40)24-7-3-2-4-8-24/h2-13,20,23,28H,14-19,21H2,1H3,(H,33,37)(H,34,38). The lowest BCUT2D eigenvalue weighted by Crippen LogP contribution is -2.41. The van der Waals surface area contributed by atoms with Crippen LogP contribution in [-0.4, -0.2) is 59.6 Å². The zero-order valence-corrected chi connectivity index (χ0v) is 22.6. The normalized spacial score (nSPS) is 15.3. The van der Waals surface area contributed by atoms with Crippen molar-refractivity contribution in [3.8, 4) is 0 Å². The molecule has 0 bridgehead atoms. The van der Waals surface area contributed by atoms with Crippen LogP contribution in [0.4, 0.5) is 11.4 Å². The van der Waals surface area contributed by atoms with Gasteiger partial charge in [-0.3, -0.25) is 19.2 Å². The van der Waals surface area contributed by atoms with Gasteiger partial charge < -0.3 is 20.4 Å². The summed E-state index contributed by atoms with van der Waals surface area (Å²) in [4.78, 5) is 54.3. The van der Waals surface area contributed by atoms with Crippen molar-refractivity contribution >= 4 is 35.0 Å². The van der Waals surface area contributed by atoms with E-state index in [4.69, 9.17) is 0 Å². The van der Waals surface area contributed by atoms with Gasteiger partial charge in [0.1, 0.15) is 0 Å². The van der Waals surface area contributed by atoms with Gasteiger partial charge >= 0.3 is 0 Å². The molecule has 3 aromatic carbocycles. The Kier molecular flexibility index (Phi) is 8.24. The number of hydrogen-bond acceptors (Lipinski definition) is 4. The van der Waals surface area contributed by atoms with E-state index in [1.54, 1.807) is 40.1 Å². The van der Waals surface area contributed by atoms with Crippen LogP contribution in [0.3, 0.4) is 0 Å². The van der Waals surface area contributed by atoms with E-state index in [-0.39, 0.29) is 36.0 Å². The second kappa shape index (κ2) is 12.2. The SMILES string of the molecule is CN(C(=O)c1ccc(NC(=O)Cc2cccc(NC(=O)C3CCN(C(=O)c4ccccc4)CC3)c2)cc1)C1CC1. The third-order valence-corrected chi connectivity index (χ3v) is 7.56. The number of likely N-dealkylation sites (tertiary alicyclic amines) is 1. The monoisotopic (exact) mass is 538 g/mol. The highest BCUT2D eigenvalue weighted by molar-refractivity contribution is 5.97. The molecule has 0 spiro atoms. The van der Waals surface area contributed by atoms with E-state index >= 15 is 0 Å². The quantitative estimate of drug-likeness (QED) is 0.438. The lowest BCUT2D eigenvalue weighted by Gasteiger charge is -2.31. The highest BCUT2D eigenvalue weighted by Crippen LogP contribution is 2.27. The molecule has 0 atom stereocenters. The molecule has 1 saturated carbocycles. The minimum absolute atomic E-state index is 0.00366. The minimum atomic E-state index is -0.187. The highest BCUT2D eigenvalue weighted by Gasteiger charge is 2.30. The van der Waals surface area contributed by atoms with Crippen LogP contribution in [-0.2, 0) is 16.0 Å². The van der Waals surface area contributed by atoms with Crippen LogP contribution in [0.15, 0.2) is 78.9 Å². The van der Waals surface area contributed by atoms with E-state index < -0.39 is 0 Å². The van der Waals surface area contributed by atoms with Crippen molar-refractivity contribution < 1.29 is 19.2 Å². The van der Waals surface area contributed by atoms with E-state index in [0.717, 1.165) is 18.4 Å². The van der Waals surface area contributed by atoms with E-state index in [1.165, 1.54) is 0 Å². The molecule has 2 aliphatic rings. The van der Waals surface area contributed by atoms with Gasteiger partial charge in [-0.25, -0.2) is 0 Å². The van der Waals surface area contributed by atoms with Crippen molar-refractivity contribution in [1.29, 1.82) is 0 Å². The second-order valence-electron chi connectivity index (χ2n) is 10.6. The molecule has 40 heavy (non-hydrogen) atoms. The van der Waals surface area contributed by atoms with Gasteiger partial charge in [-0.05, 0) is 79.8 Å². The van der Waals surface area contributed by atoms with Crippen LogP contribution in [0.1, 0.15) is 52.0 Å². The molecule has 0 aromatic heterocycles. The van der Waals surface area contributed by atoms with Crippen LogP contribution in [0.5, 0.6) is 0 Å². The summed E-state index contributed by atoms with van der Waals surface area (Å²) in [6, 6.07) is 23.7. The number of hydrogen-bond donors (Lipinski definition) is 2. The van der Waals surface area contributed by atoms with Crippen LogP contribution < -0.4 is 10.6 Å². The van der Waals surface area contributed by atoms with Crippen molar-refractivity contribution in [2.24, 2.45) is 5.92 Å². The van der Waals surface area contributed by atoms with Crippen molar-refractivity contribution in [2.75, 3.05) is 30.8 Å². The molecular weight excluding hydrogens is 504 g/mol. The molecule has 2 fully saturated rings. The zero-order chi connectivity index (χ0) is 28.1.